The maximum atomic E-state index is 13.5. The van der Waals surface area contributed by atoms with E-state index in [1.807, 2.05) is 0 Å². The summed E-state index contributed by atoms with van der Waals surface area (Å²) < 4.78 is 42.6. The third-order valence-electron chi connectivity index (χ3n) is 6.86. The van der Waals surface area contributed by atoms with Gasteiger partial charge in [-0.05, 0) is 61.0 Å². The highest BCUT2D eigenvalue weighted by Crippen LogP contribution is 2.30. The minimum absolute atomic E-state index is 0.0102. The molecule has 5 atom stereocenters. The second-order valence-electron chi connectivity index (χ2n) is 9.95. The van der Waals surface area contributed by atoms with Crippen molar-refractivity contribution in [2.24, 2.45) is 12.0 Å². The molecule has 1 fully saturated rings. The number of benzene rings is 3. The molecule has 1 aliphatic rings. The van der Waals surface area contributed by atoms with E-state index < -0.39 is 36.5 Å². The van der Waals surface area contributed by atoms with E-state index in [9.17, 15) is 24.5 Å². The largest absolute Gasteiger partial charge is 0.491 e. The standard InChI is InChI=1S/C30H30ClFN2O9/c1-16-25(35)26(36)27(37)29(42-16)40-11-10-39-20-7-9-23-21(14-20)28(34(2)30(38)43-23)33-19-6-8-24(22(31)13-19)41-15-17-4-3-5-18(32)12-17/h3-9,12-14,16,25-27,29,35-37H,10-11,15H2,1-2H3/t16-,25-,26+,27+,29+/m0/s1. The van der Waals surface area contributed by atoms with E-state index in [-0.39, 0.29) is 41.7 Å². The molecule has 1 saturated heterocycles. The second kappa shape index (κ2) is 13.2. The molecule has 0 spiro atoms. The molecule has 0 saturated carbocycles. The minimum Gasteiger partial charge on any atom is -0.491 e. The second-order valence-corrected chi connectivity index (χ2v) is 10.4. The molecule has 0 bridgehead atoms. The molecule has 0 radical (unpaired) electrons. The number of rotatable bonds is 9. The Balaban J connectivity index is 1.31. The van der Waals surface area contributed by atoms with E-state index in [1.54, 1.807) is 55.5 Å². The highest BCUT2D eigenvalue weighted by Gasteiger charge is 2.42. The molecule has 1 aliphatic heterocycles. The van der Waals surface area contributed by atoms with Crippen molar-refractivity contribution in [1.29, 1.82) is 0 Å². The Labute approximate surface area is 249 Å². The van der Waals surface area contributed by atoms with Gasteiger partial charge in [0.1, 0.15) is 59.9 Å². The summed E-state index contributed by atoms with van der Waals surface area (Å²) in [5.74, 6) is -0.172. The van der Waals surface area contributed by atoms with Gasteiger partial charge in [0.05, 0.1) is 28.8 Å². The van der Waals surface area contributed by atoms with Crippen molar-refractivity contribution >= 4 is 28.3 Å². The van der Waals surface area contributed by atoms with Crippen molar-refractivity contribution in [3.63, 3.8) is 0 Å². The van der Waals surface area contributed by atoms with Gasteiger partial charge in [-0.2, -0.15) is 0 Å². The van der Waals surface area contributed by atoms with Gasteiger partial charge in [-0.1, -0.05) is 23.7 Å². The highest BCUT2D eigenvalue weighted by atomic mass is 35.5. The van der Waals surface area contributed by atoms with Gasteiger partial charge in [0.25, 0.3) is 0 Å². The molecule has 2 heterocycles. The van der Waals surface area contributed by atoms with Gasteiger partial charge in [-0.15, -0.1) is 0 Å². The van der Waals surface area contributed by atoms with Crippen LogP contribution in [-0.2, 0) is 23.1 Å². The first-order valence-corrected chi connectivity index (χ1v) is 13.8. The van der Waals surface area contributed by atoms with E-state index in [4.69, 9.17) is 35.0 Å². The molecule has 0 aliphatic carbocycles. The van der Waals surface area contributed by atoms with E-state index in [0.29, 0.717) is 28.1 Å². The van der Waals surface area contributed by atoms with Crippen LogP contribution in [0.4, 0.5) is 10.1 Å². The summed E-state index contributed by atoms with van der Waals surface area (Å²) in [7, 11) is 1.52. The zero-order valence-corrected chi connectivity index (χ0v) is 24.0. The van der Waals surface area contributed by atoms with Crippen LogP contribution in [0.15, 0.2) is 74.9 Å². The Kier molecular flexibility index (Phi) is 9.45. The van der Waals surface area contributed by atoms with Crippen LogP contribution in [0.25, 0.3) is 11.0 Å². The van der Waals surface area contributed by atoms with Crippen LogP contribution in [0.3, 0.4) is 0 Å². The zero-order valence-electron chi connectivity index (χ0n) is 23.2. The predicted molar refractivity (Wildman–Crippen MR) is 153 cm³/mol. The van der Waals surface area contributed by atoms with Crippen molar-refractivity contribution in [3.05, 3.63) is 93.1 Å². The normalized spacial score (nSPS) is 22.6. The molecule has 43 heavy (non-hydrogen) atoms. The fraction of sp³-hybridized carbons (Fsp3) is 0.333. The predicted octanol–water partition coefficient (Wildman–Crippen LogP) is 2.96. The molecule has 0 amide bonds. The summed E-state index contributed by atoms with van der Waals surface area (Å²) in [5, 5.41) is 30.6. The maximum Gasteiger partial charge on any atom is 0.420 e. The fourth-order valence-corrected chi connectivity index (χ4v) is 4.72. The number of ether oxygens (including phenoxy) is 4. The third kappa shape index (κ3) is 7.07. The first-order chi connectivity index (χ1) is 20.6. The quantitative estimate of drug-likeness (QED) is 0.242. The minimum atomic E-state index is -1.42. The van der Waals surface area contributed by atoms with E-state index in [1.165, 1.54) is 23.7 Å². The van der Waals surface area contributed by atoms with Gasteiger partial charge >= 0.3 is 5.76 Å². The summed E-state index contributed by atoms with van der Waals surface area (Å²) in [4.78, 5) is 17.1. The Hall–Kier alpha value is -3.78. The molecule has 4 aromatic rings. The molecule has 5 rings (SSSR count). The summed E-state index contributed by atoms with van der Waals surface area (Å²) in [6, 6.07) is 15.8. The van der Waals surface area contributed by atoms with Crippen LogP contribution in [0.2, 0.25) is 5.02 Å². The molecule has 0 unspecified atom stereocenters. The fourth-order valence-electron chi connectivity index (χ4n) is 4.49. The summed E-state index contributed by atoms with van der Waals surface area (Å²) in [6.07, 6.45) is -5.88. The molecule has 3 aromatic carbocycles. The van der Waals surface area contributed by atoms with Crippen LogP contribution < -0.4 is 20.7 Å². The molecule has 13 heteroatoms. The number of aromatic nitrogens is 1. The van der Waals surface area contributed by atoms with Crippen LogP contribution in [0.5, 0.6) is 11.5 Å². The Morgan fingerprint density at radius 1 is 1.00 bits per heavy atom. The maximum absolute atomic E-state index is 13.5. The Bertz CT molecular complexity index is 1730. The average molecular weight is 617 g/mol. The van der Waals surface area contributed by atoms with Crippen molar-refractivity contribution in [2.75, 3.05) is 13.2 Å². The monoisotopic (exact) mass is 616 g/mol. The van der Waals surface area contributed by atoms with E-state index in [2.05, 4.69) is 4.99 Å². The van der Waals surface area contributed by atoms with Gasteiger partial charge in [-0.3, -0.25) is 4.57 Å². The number of nitrogens with zero attached hydrogens (tertiary/aromatic N) is 2. The van der Waals surface area contributed by atoms with Gasteiger partial charge < -0.3 is 38.7 Å². The highest BCUT2D eigenvalue weighted by molar-refractivity contribution is 6.32. The smallest absolute Gasteiger partial charge is 0.420 e. The van der Waals surface area contributed by atoms with Crippen LogP contribution >= 0.6 is 11.6 Å². The van der Waals surface area contributed by atoms with Crippen LogP contribution in [-0.4, -0.2) is 63.8 Å². The molecule has 1 aromatic heterocycles. The number of aliphatic hydroxyl groups excluding tert-OH is 3. The Morgan fingerprint density at radius 2 is 1.81 bits per heavy atom. The summed E-state index contributed by atoms with van der Waals surface area (Å²) in [5.41, 5.74) is 1.67. The molecule has 11 nitrogen and oxygen atoms in total. The lowest BCUT2D eigenvalue weighted by Gasteiger charge is -2.38. The average Bonchev–Trinajstić information content (AvgIpc) is 2.98. The van der Waals surface area contributed by atoms with Crippen LogP contribution in [0.1, 0.15) is 12.5 Å². The molecule has 3 N–H and O–H groups in total. The van der Waals surface area contributed by atoms with Crippen molar-refractivity contribution in [2.45, 2.75) is 44.2 Å². The van der Waals surface area contributed by atoms with Crippen molar-refractivity contribution in [3.8, 4) is 11.5 Å². The van der Waals surface area contributed by atoms with E-state index >= 15 is 0 Å². The third-order valence-corrected chi connectivity index (χ3v) is 7.15. The SMILES string of the molecule is C[C@@H]1O[C@@H](OCCOc2ccc3oc(=O)n(C)c(=Nc4ccc(OCc5cccc(F)c5)c(Cl)c4)c3c2)[C@H](O)[C@H](O)[C@H]1O. The van der Waals surface area contributed by atoms with Crippen molar-refractivity contribution in [1.82, 2.24) is 4.57 Å². The lowest BCUT2D eigenvalue weighted by Crippen LogP contribution is -2.57. The summed E-state index contributed by atoms with van der Waals surface area (Å²) in [6.45, 7) is 1.76. The van der Waals surface area contributed by atoms with Gasteiger partial charge in [-0.25, -0.2) is 14.2 Å². The van der Waals surface area contributed by atoms with Crippen LogP contribution in [0, 0.1) is 5.82 Å². The number of aliphatic hydroxyl groups is 3. The number of fused-ring (bicyclic) bond motifs is 1. The summed E-state index contributed by atoms with van der Waals surface area (Å²) >= 11 is 6.44. The first kappa shape index (κ1) is 30.7. The topological polar surface area (TPSA) is 145 Å². The first-order valence-electron chi connectivity index (χ1n) is 13.4. The Morgan fingerprint density at radius 3 is 2.58 bits per heavy atom. The lowest BCUT2D eigenvalue weighted by atomic mass is 10.0. The lowest BCUT2D eigenvalue weighted by molar-refractivity contribution is -0.293. The molecular formula is C30H30ClFN2O9. The van der Waals surface area contributed by atoms with Gasteiger partial charge in [0.15, 0.2) is 6.29 Å². The molecule has 228 valence electrons. The number of hydrogen-bond donors (Lipinski definition) is 3. The number of halogens is 2. The zero-order chi connectivity index (χ0) is 30.7. The van der Waals surface area contributed by atoms with Crippen molar-refractivity contribution < 1.29 is 43.1 Å². The van der Waals surface area contributed by atoms with Gasteiger partial charge in [0.2, 0.25) is 0 Å². The number of hydrogen-bond acceptors (Lipinski definition) is 10. The van der Waals surface area contributed by atoms with Gasteiger partial charge in [0, 0.05) is 7.05 Å². The van der Waals surface area contributed by atoms with E-state index in [0.717, 1.165) is 0 Å². The molecular weight excluding hydrogens is 587 g/mol.